The molecule has 0 bridgehead atoms. The molecule has 0 radical (unpaired) electrons. The van der Waals surface area contributed by atoms with Gasteiger partial charge in [-0.05, 0) is 32.1 Å². The van der Waals surface area contributed by atoms with Crippen LogP contribution in [0.15, 0.2) is 9.95 Å². The van der Waals surface area contributed by atoms with Gasteiger partial charge in [0.25, 0.3) is 5.56 Å². The van der Waals surface area contributed by atoms with Gasteiger partial charge in [0, 0.05) is 25.0 Å². The van der Waals surface area contributed by atoms with Crippen LogP contribution in [0.2, 0.25) is 0 Å². The number of hydrogen-bond donors (Lipinski definition) is 1. The lowest BCUT2D eigenvalue weighted by Gasteiger charge is -2.03. The van der Waals surface area contributed by atoms with Crippen molar-refractivity contribution in [1.29, 1.82) is 0 Å². The van der Waals surface area contributed by atoms with E-state index in [2.05, 4.69) is 9.97 Å². The van der Waals surface area contributed by atoms with Crippen LogP contribution in [0, 0.1) is 0 Å². The largest absolute Gasteiger partial charge is 0.385 e. The molecule has 1 aromatic rings. The Morgan fingerprint density at radius 2 is 2.29 bits per heavy atom. The molecule has 1 N–H and O–H groups in total. The molecule has 1 aliphatic carbocycles. The molecule has 0 aliphatic heterocycles. The molecular formula is C12H18N2O2S. The highest BCUT2D eigenvalue weighted by atomic mass is 32.2. The topological polar surface area (TPSA) is 55.0 Å². The van der Waals surface area contributed by atoms with Crippen LogP contribution in [0.1, 0.15) is 30.5 Å². The van der Waals surface area contributed by atoms with Crippen molar-refractivity contribution < 1.29 is 4.74 Å². The van der Waals surface area contributed by atoms with E-state index in [-0.39, 0.29) is 5.56 Å². The van der Waals surface area contributed by atoms with Crippen molar-refractivity contribution in [2.75, 3.05) is 19.5 Å². The van der Waals surface area contributed by atoms with Crippen LogP contribution in [0.5, 0.6) is 0 Å². The SMILES string of the molecule is COCCCCSc1nc2c(c(=O)[nH]1)CCC2. The average molecular weight is 254 g/mol. The number of hydrogen-bond acceptors (Lipinski definition) is 4. The van der Waals surface area contributed by atoms with E-state index in [0.29, 0.717) is 0 Å². The van der Waals surface area contributed by atoms with Crippen molar-refractivity contribution in [3.05, 3.63) is 21.6 Å². The minimum Gasteiger partial charge on any atom is -0.385 e. The number of thioether (sulfide) groups is 1. The molecule has 0 unspecified atom stereocenters. The Hall–Kier alpha value is -0.810. The van der Waals surface area contributed by atoms with Gasteiger partial charge in [-0.25, -0.2) is 4.98 Å². The first-order valence-electron chi connectivity index (χ1n) is 6.05. The van der Waals surface area contributed by atoms with Gasteiger partial charge in [-0.15, -0.1) is 0 Å². The van der Waals surface area contributed by atoms with Crippen LogP contribution in [-0.4, -0.2) is 29.4 Å². The summed E-state index contributed by atoms with van der Waals surface area (Å²) in [5, 5.41) is 0.771. The smallest absolute Gasteiger partial charge is 0.254 e. The average Bonchev–Trinajstić information content (AvgIpc) is 2.77. The van der Waals surface area contributed by atoms with Crippen LogP contribution in [0.3, 0.4) is 0 Å². The molecule has 0 aromatic carbocycles. The zero-order chi connectivity index (χ0) is 12.1. The fourth-order valence-electron chi connectivity index (χ4n) is 2.00. The summed E-state index contributed by atoms with van der Waals surface area (Å²) >= 11 is 1.63. The van der Waals surface area contributed by atoms with Gasteiger partial charge in [0.2, 0.25) is 0 Å². The van der Waals surface area contributed by atoms with E-state index >= 15 is 0 Å². The molecule has 0 saturated heterocycles. The number of H-pyrrole nitrogens is 1. The number of nitrogens with one attached hydrogen (secondary N) is 1. The van der Waals surface area contributed by atoms with Crippen LogP contribution < -0.4 is 5.56 Å². The monoisotopic (exact) mass is 254 g/mol. The minimum atomic E-state index is 0.0619. The Balaban J connectivity index is 1.89. The Morgan fingerprint density at radius 3 is 3.12 bits per heavy atom. The number of ether oxygens (including phenoxy) is 1. The lowest BCUT2D eigenvalue weighted by Crippen LogP contribution is -2.15. The second-order valence-electron chi connectivity index (χ2n) is 4.20. The summed E-state index contributed by atoms with van der Waals surface area (Å²) in [4.78, 5) is 19.1. The second kappa shape index (κ2) is 6.21. The molecule has 2 rings (SSSR count). The molecule has 4 nitrogen and oxygen atoms in total. The van der Waals surface area contributed by atoms with Crippen LogP contribution in [0.4, 0.5) is 0 Å². The highest BCUT2D eigenvalue weighted by molar-refractivity contribution is 7.99. The minimum absolute atomic E-state index is 0.0619. The zero-order valence-corrected chi connectivity index (χ0v) is 10.9. The summed E-state index contributed by atoms with van der Waals surface area (Å²) in [6.45, 7) is 0.800. The molecule has 1 aromatic heterocycles. The first-order chi connectivity index (χ1) is 8.31. The maximum Gasteiger partial charge on any atom is 0.254 e. The van der Waals surface area contributed by atoms with Crippen LogP contribution in [0.25, 0.3) is 0 Å². The summed E-state index contributed by atoms with van der Waals surface area (Å²) in [7, 11) is 1.71. The van der Waals surface area contributed by atoms with Crippen molar-refractivity contribution >= 4 is 11.8 Å². The summed E-state index contributed by atoms with van der Waals surface area (Å²) < 4.78 is 4.99. The third-order valence-electron chi connectivity index (χ3n) is 2.90. The number of nitrogens with zero attached hydrogens (tertiary/aromatic N) is 1. The van der Waals surface area contributed by atoms with Crippen molar-refractivity contribution in [1.82, 2.24) is 9.97 Å². The van der Waals surface area contributed by atoms with Crippen molar-refractivity contribution in [2.45, 2.75) is 37.3 Å². The number of rotatable bonds is 6. The van der Waals surface area contributed by atoms with Crippen molar-refractivity contribution in [2.24, 2.45) is 0 Å². The molecule has 0 fully saturated rings. The number of methoxy groups -OCH3 is 1. The summed E-state index contributed by atoms with van der Waals surface area (Å²) in [5.74, 6) is 0.977. The van der Waals surface area contributed by atoms with E-state index in [4.69, 9.17) is 4.74 Å². The summed E-state index contributed by atoms with van der Waals surface area (Å²) in [6.07, 6.45) is 5.04. The van der Waals surface area contributed by atoms with Gasteiger partial charge in [0.05, 0.1) is 5.69 Å². The Labute approximate surface area is 105 Å². The van der Waals surface area contributed by atoms with E-state index in [0.717, 1.165) is 60.9 Å². The predicted molar refractivity (Wildman–Crippen MR) is 68.7 cm³/mol. The standard InChI is InChI=1S/C12H18N2O2S/c1-16-7-2-3-8-17-12-13-10-6-4-5-9(10)11(15)14-12/h2-8H2,1H3,(H,13,14,15). The first-order valence-corrected chi connectivity index (χ1v) is 7.03. The zero-order valence-electron chi connectivity index (χ0n) is 10.1. The summed E-state index contributed by atoms with van der Waals surface area (Å²) in [6, 6.07) is 0. The Bertz CT molecular complexity index is 431. The normalized spacial score (nSPS) is 13.9. The first kappa shape index (κ1) is 12.6. The number of fused-ring (bicyclic) bond motifs is 1. The van der Waals surface area contributed by atoms with Gasteiger partial charge in [-0.1, -0.05) is 11.8 Å². The highest BCUT2D eigenvalue weighted by Crippen LogP contribution is 2.20. The lowest BCUT2D eigenvalue weighted by atomic mass is 10.3. The number of unbranched alkanes of at least 4 members (excludes halogenated alkanes) is 1. The van der Waals surface area contributed by atoms with E-state index in [1.54, 1.807) is 18.9 Å². The fourth-order valence-corrected chi connectivity index (χ4v) is 2.89. The molecule has 0 spiro atoms. The van der Waals surface area contributed by atoms with Gasteiger partial charge >= 0.3 is 0 Å². The molecule has 17 heavy (non-hydrogen) atoms. The lowest BCUT2D eigenvalue weighted by molar-refractivity contribution is 0.194. The van der Waals surface area contributed by atoms with Gasteiger partial charge < -0.3 is 9.72 Å². The number of aryl methyl sites for hydroxylation is 1. The quantitative estimate of drug-likeness (QED) is 0.477. The fraction of sp³-hybridized carbons (Fsp3) is 0.667. The number of aromatic nitrogens is 2. The van der Waals surface area contributed by atoms with E-state index in [1.807, 2.05) is 0 Å². The molecule has 0 amide bonds. The maximum atomic E-state index is 11.7. The van der Waals surface area contributed by atoms with Gasteiger partial charge in [-0.2, -0.15) is 0 Å². The molecular weight excluding hydrogens is 236 g/mol. The number of aromatic amines is 1. The van der Waals surface area contributed by atoms with Crippen LogP contribution >= 0.6 is 11.8 Å². The highest BCUT2D eigenvalue weighted by Gasteiger charge is 2.16. The molecule has 0 saturated carbocycles. The Kier molecular flexibility index (Phi) is 4.62. The third-order valence-corrected chi connectivity index (χ3v) is 3.86. The van der Waals surface area contributed by atoms with Crippen molar-refractivity contribution in [3.8, 4) is 0 Å². The maximum absolute atomic E-state index is 11.7. The summed E-state index contributed by atoms with van der Waals surface area (Å²) in [5.41, 5.74) is 1.97. The second-order valence-corrected chi connectivity index (χ2v) is 5.28. The van der Waals surface area contributed by atoms with Gasteiger partial charge in [-0.3, -0.25) is 4.79 Å². The van der Waals surface area contributed by atoms with E-state index < -0.39 is 0 Å². The molecule has 5 heteroatoms. The molecule has 1 aliphatic rings. The van der Waals surface area contributed by atoms with Gasteiger partial charge in [0.15, 0.2) is 5.16 Å². The Morgan fingerprint density at radius 1 is 1.41 bits per heavy atom. The predicted octanol–water partition coefficient (Wildman–Crippen LogP) is 1.78. The molecule has 94 valence electrons. The van der Waals surface area contributed by atoms with E-state index in [1.165, 1.54) is 0 Å². The third kappa shape index (κ3) is 3.33. The van der Waals surface area contributed by atoms with Crippen molar-refractivity contribution in [3.63, 3.8) is 0 Å². The van der Waals surface area contributed by atoms with Gasteiger partial charge in [0.1, 0.15) is 0 Å². The van der Waals surface area contributed by atoms with Crippen LogP contribution in [-0.2, 0) is 17.6 Å². The molecule has 0 atom stereocenters. The van der Waals surface area contributed by atoms with E-state index in [9.17, 15) is 4.79 Å². The molecule has 1 heterocycles.